The maximum Gasteiger partial charge on any atom is 0.172 e. The smallest absolute Gasteiger partial charge is 0.172 e. The summed E-state index contributed by atoms with van der Waals surface area (Å²) in [6.07, 6.45) is 7.07. The Balaban J connectivity index is 1.50. The molecule has 0 saturated carbocycles. The van der Waals surface area contributed by atoms with Gasteiger partial charge in [0.05, 0.1) is 0 Å². The van der Waals surface area contributed by atoms with Crippen molar-refractivity contribution in [2.24, 2.45) is 5.92 Å². The van der Waals surface area contributed by atoms with Crippen molar-refractivity contribution in [2.75, 3.05) is 18.0 Å². The largest absolute Gasteiger partial charge is 0.359 e. The summed E-state index contributed by atoms with van der Waals surface area (Å²) in [5.41, 5.74) is 1.46. The maximum atomic E-state index is 5.45. The van der Waals surface area contributed by atoms with E-state index in [1.165, 1.54) is 37.7 Å². The van der Waals surface area contributed by atoms with Crippen LogP contribution in [0.3, 0.4) is 0 Å². The second-order valence-corrected chi connectivity index (χ2v) is 6.38. The van der Waals surface area contributed by atoms with Crippen molar-refractivity contribution in [1.82, 2.24) is 5.16 Å². The average Bonchev–Trinajstić information content (AvgIpc) is 3.03. The predicted molar refractivity (Wildman–Crippen MR) is 90.2 cm³/mol. The minimum atomic E-state index is 0.796. The van der Waals surface area contributed by atoms with Crippen molar-refractivity contribution < 1.29 is 4.52 Å². The van der Waals surface area contributed by atoms with Crippen molar-refractivity contribution in [1.29, 1.82) is 0 Å². The van der Waals surface area contributed by atoms with E-state index in [1.807, 2.05) is 0 Å². The van der Waals surface area contributed by atoms with E-state index in [9.17, 15) is 0 Å². The van der Waals surface area contributed by atoms with E-state index >= 15 is 0 Å². The Morgan fingerprint density at radius 3 is 2.68 bits per heavy atom. The first-order valence-electron chi connectivity index (χ1n) is 8.59. The summed E-state index contributed by atoms with van der Waals surface area (Å²) in [7, 11) is 0. The molecule has 118 valence electrons. The number of benzene rings is 1. The van der Waals surface area contributed by atoms with Gasteiger partial charge in [0.1, 0.15) is 5.76 Å². The van der Waals surface area contributed by atoms with E-state index in [-0.39, 0.29) is 0 Å². The van der Waals surface area contributed by atoms with Gasteiger partial charge < -0.3 is 9.42 Å². The van der Waals surface area contributed by atoms with Gasteiger partial charge >= 0.3 is 0 Å². The normalized spacial score (nSPS) is 16.1. The monoisotopic (exact) mass is 298 g/mol. The summed E-state index contributed by atoms with van der Waals surface area (Å²) in [4.78, 5) is 2.38. The van der Waals surface area contributed by atoms with Crippen LogP contribution < -0.4 is 4.90 Å². The van der Waals surface area contributed by atoms with E-state index in [1.54, 1.807) is 0 Å². The quantitative estimate of drug-likeness (QED) is 0.787. The van der Waals surface area contributed by atoms with Crippen LogP contribution in [0.4, 0.5) is 5.82 Å². The lowest BCUT2D eigenvalue weighted by molar-refractivity contribution is 0.369. The van der Waals surface area contributed by atoms with Gasteiger partial charge in [0.15, 0.2) is 5.82 Å². The molecule has 3 nitrogen and oxygen atoms in total. The molecule has 0 unspecified atom stereocenters. The van der Waals surface area contributed by atoms with Gasteiger partial charge in [0.25, 0.3) is 0 Å². The van der Waals surface area contributed by atoms with Gasteiger partial charge in [0, 0.05) is 25.6 Å². The highest BCUT2D eigenvalue weighted by molar-refractivity contribution is 5.38. The standard InChI is InChI=1S/C19H26N2O/c1-2-3-9-18-15-19(20-22-18)21-12-10-17(11-13-21)14-16-7-5-4-6-8-16/h4-8,15,17H,2-3,9-14H2,1H3. The molecule has 0 spiro atoms. The van der Waals surface area contributed by atoms with Gasteiger partial charge in [-0.2, -0.15) is 0 Å². The highest BCUT2D eigenvalue weighted by Gasteiger charge is 2.21. The Bertz CT molecular complexity index is 556. The Morgan fingerprint density at radius 2 is 1.95 bits per heavy atom. The maximum absolute atomic E-state index is 5.45. The number of aryl methyl sites for hydroxylation is 1. The first-order valence-corrected chi connectivity index (χ1v) is 8.59. The van der Waals surface area contributed by atoms with Crippen LogP contribution >= 0.6 is 0 Å². The van der Waals surface area contributed by atoms with Gasteiger partial charge in [-0.3, -0.25) is 0 Å². The fraction of sp³-hybridized carbons (Fsp3) is 0.526. The molecule has 0 radical (unpaired) electrons. The second-order valence-electron chi connectivity index (χ2n) is 6.38. The van der Waals surface area contributed by atoms with Gasteiger partial charge in [-0.05, 0) is 37.2 Å². The lowest BCUT2D eigenvalue weighted by Crippen LogP contribution is -2.34. The number of anilines is 1. The minimum Gasteiger partial charge on any atom is -0.359 e. The zero-order valence-corrected chi connectivity index (χ0v) is 13.5. The fourth-order valence-corrected chi connectivity index (χ4v) is 3.23. The van der Waals surface area contributed by atoms with Crippen LogP contribution in [-0.2, 0) is 12.8 Å². The van der Waals surface area contributed by atoms with E-state index in [0.717, 1.165) is 37.0 Å². The van der Waals surface area contributed by atoms with Crippen LogP contribution in [0.25, 0.3) is 0 Å². The molecular formula is C19H26N2O. The van der Waals surface area contributed by atoms with Crippen LogP contribution in [-0.4, -0.2) is 18.2 Å². The molecule has 2 aromatic rings. The molecule has 0 atom stereocenters. The Labute approximate surface area is 133 Å². The highest BCUT2D eigenvalue weighted by Crippen LogP contribution is 2.25. The van der Waals surface area contributed by atoms with Crippen LogP contribution in [0.15, 0.2) is 40.9 Å². The van der Waals surface area contributed by atoms with Crippen molar-refractivity contribution >= 4 is 5.82 Å². The summed E-state index contributed by atoms with van der Waals surface area (Å²) in [5, 5.41) is 4.25. The molecular weight excluding hydrogens is 272 g/mol. The molecule has 1 aliphatic rings. The van der Waals surface area contributed by atoms with Gasteiger partial charge in [-0.15, -0.1) is 0 Å². The number of aromatic nitrogens is 1. The molecule has 2 heterocycles. The third kappa shape index (κ3) is 3.90. The number of piperidine rings is 1. The van der Waals surface area contributed by atoms with Crippen molar-refractivity contribution in [3.8, 4) is 0 Å². The number of hydrogen-bond donors (Lipinski definition) is 0. The summed E-state index contributed by atoms with van der Waals surface area (Å²) in [6.45, 7) is 4.39. The van der Waals surface area contributed by atoms with Crippen LogP contribution in [0.5, 0.6) is 0 Å². The highest BCUT2D eigenvalue weighted by atomic mass is 16.5. The number of rotatable bonds is 6. The molecule has 0 bridgehead atoms. The predicted octanol–water partition coefficient (Wildman–Crippen LogP) is 4.48. The molecule has 0 amide bonds. The molecule has 1 fully saturated rings. The zero-order valence-electron chi connectivity index (χ0n) is 13.5. The molecule has 3 rings (SSSR count). The topological polar surface area (TPSA) is 29.3 Å². The van der Waals surface area contributed by atoms with Crippen molar-refractivity contribution in [2.45, 2.75) is 45.4 Å². The summed E-state index contributed by atoms with van der Waals surface area (Å²) in [5.74, 6) is 2.86. The van der Waals surface area contributed by atoms with Crippen LogP contribution in [0.2, 0.25) is 0 Å². The minimum absolute atomic E-state index is 0.796. The molecule has 1 aromatic heterocycles. The SMILES string of the molecule is CCCCc1cc(N2CCC(Cc3ccccc3)CC2)no1. The van der Waals surface area contributed by atoms with Gasteiger partial charge in [-0.1, -0.05) is 48.8 Å². The Morgan fingerprint density at radius 1 is 1.18 bits per heavy atom. The van der Waals surface area contributed by atoms with Crippen LogP contribution in [0, 0.1) is 5.92 Å². The van der Waals surface area contributed by atoms with Crippen LogP contribution in [0.1, 0.15) is 43.9 Å². The van der Waals surface area contributed by atoms with Crippen molar-refractivity contribution in [3.63, 3.8) is 0 Å². The molecule has 1 saturated heterocycles. The second kappa shape index (κ2) is 7.48. The molecule has 3 heteroatoms. The molecule has 0 N–H and O–H groups in total. The van der Waals surface area contributed by atoms with E-state index in [0.29, 0.717) is 0 Å². The number of unbranched alkanes of at least 4 members (excludes halogenated alkanes) is 1. The lowest BCUT2D eigenvalue weighted by atomic mass is 9.90. The average molecular weight is 298 g/mol. The molecule has 22 heavy (non-hydrogen) atoms. The Kier molecular flexibility index (Phi) is 5.15. The van der Waals surface area contributed by atoms with E-state index < -0.39 is 0 Å². The lowest BCUT2D eigenvalue weighted by Gasteiger charge is -2.31. The zero-order chi connectivity index (χ0) is 15.2. The van der Waals surface area contributed by atoms with Gasteiger partial charge in [-0.25, -0.2) is 0 Å². The first kappa shape index (κ1) is 15.1. The third-order valence-electron chi connectivity index (χ3n) is 4.63. The summed E-state index contributed by atoms with van der Waals surface area (Å²) < 4.78 is 5.45. The van der Waals surface area contributed by atoms with Gasteiger partial charge in [0.2, 0.25) is 0 Å². The van der Waals surface area contributed by atoms with E-state index in [2.05, 4.69) is 53.4 Å². The summed E-state index contributed by atoms with van der Waals surface area (Å²) >= 11 is 0. The molecule has 1 aliphatic heterocycles. The molecule has 0 aliphatic carbocycles. The third-order valence-corrected chi connectivity index (χ3v) is 4.63. The Hall–Kier alpha value is -1.77. The fourth-order valence-electron chi connectivity index (χ4n) is 3.23. The number of nitrogens with zero attached hydrogens (tertiary/aromatic N) is 2. The summed E-state index contributed by atoms with van der Waals surface area (Å²) in [6, 6.07) is 13.0. The molecule has 1 aromatic carbocycles. The number of hydrogen-bond acceptors (Lipinski definition) is 3. The van der Waals surface area contributed by atoms with E-state index in [4.69, 9.17) is 4.52 Å². The van der Waals surface area contributed by atoms with Crippen molar-refractivity contribution in [3.05, 3.63) is 47.7 Å². The first-order chi connectivity index (χ1) is 10.8.